The molecule has 2 unspecified atom stereocenters. The van der Waals surface area contributed by atoms with E-state index >= 15 is 0 Å². The highest BCUT2D eigenvalue weighted by atomic mass is 32.2. The van der Waals surface area contributed by atoms with Crippen LogP contribution in [0.25, 0.3) is 0 Å². The van der Waals surface area contributed by atoms with Crippen LogP contribution in [0, 0.1) is 0 Å². The molecule has 0 aliphatic carbocycles. The predicted molar refractivity (Wildman–Crippen MR) is 76.9 cm³/mol. The maximum absolute atomic E-state index is 12.0. The van der Waals surface area contributed by atoms with E-state index in [0.717, 1.165) is 6.42 Å². The minimum Gasteiger partial charge on any atom is -0.493 e. The second-order valence-electron chi connectivity index (χ2n) is 4.80. The van der Waals surface area contributed by atoms with Crippen LogP contribution in [0.2, 0.25) is 0 Å². The molecule has 2 atom stereocenters. The van der Waals surface area contributed by atoms with E-state index in [1.165, 1.54) is 11.4 Å². The monoisotopic (exact) mass is 312 g/mol. The first-order valence-electron chi connectivity index (χ1n) is 6.53. The first kappa shape index (κ1) is 14.2. The lowest BCUT2D eigenvalue weighted by atomic mass is 10.1. The minimum absolute atomic E-state index is 0.0459. The predicted octanol–water partition coefficient (Wildman–Crippen LogP) is 0.621. The molecular formula is C13H16N2O5S. The summed E-state index contributed by atoms with van der Waals surface area (Å²) in [4.78, 5) is 12.0. The van der Waals surface area contributed by atoms with Crippen LogP contribution in [-0.2, 0) is 15.9 Å². The molecule has 1 amide bonds. The molecular weight excluding hydrogens is 296 g/mol. The number of nitrogens with zero attached hydrogens (tertiary/aromatic N) is 1. The number of nitrogens with one attached hydrogen (secondary N) is 1. The molecule has 2 aliphatic rings. The van der Waals surface area contributed by atoms with E-state index in [1.807, 2.05) is 0 Å². The number of benzene rings is 1. The zero-order valence-electron chi connectivity index (χ0n) is 11.8. The Morgan fingerprint density at radius 1 is 1.43 bits per heavy atom. The van der Waals surface area contributed by atoms with Gasteiger partial charge < -0.3 is 14.2 Å². The average molecular weight is 312 g/mol. The van der Waals surface area contributed by atoms with Crippen LogP contribution in [0.15, 0.2) is 12.1 Å². The minimum atomic E-state index is -1.58. The van der Waals surface area contributed by atoms with Crippen molar-refractivity contribution in [3.63, 3.8) is 0 Å². The summed E-state index contributed by atoms with van der Waals surface area (Å²) >= 11 is -1.58. The van der Waals surface area contributed by atoms with Crippen molar-refractivity contribution in [2.24, 2.45) is 0 Å². The van der Waals surface area contributed by atoms with E-state index in [0.29, 0.717) is 36.0 Å². The molecule has 114 valence electrons. The van der Waals surface area contributed by atoms with Gasteiger partial charge in [0.1, 0.15) is 6.10 Å². The van der Waals surface area contributed by atoms with Gasteiger partial charge in [-0.2, -0.15) is 0 Å². The second-order valence-corrected chi connectivity index (χ2v) is 6.05. The van der Waals surface area contributed by atoms with Gasteiger partial charge in [0.2, 0.25) is 11.2 Å². The third kappa shape index (κ3) is 2.56. The van der Waals surface area contributed by atoms with Crippen LogP contribution in [-0.4, -0.2) is 43.6 Å². The van der Waals surface area contributed by atoms with Gasteiger partial charge in [0.05, 0.1) is 31.6 Å². The molecule has 7 nitrogen and oxygen atoms in total. The number of rotatable bonds is 3. The van der Waals surface area contributed by atoms with Crippen LogP contribution in [0.5, 0.6) is 11.5 Å². The lowest BCUT2D eigenvalue weighted by molar-refractivity contribution is 0.0980. The average Bonchev–Trinajstić information content (AvgIpc) is 2.97. The van der Waals surface area contributed by atoms with Crippen LogP contribution in [0.4, 0.5) is 5.69 Å². The number of carbonyl (C=O) groups excluding carboxylic acids is 1. The molecule has 0 bridgehead atoms. The van der Waals surface area contributed by atoms with Crippen LogP contribution in [0.1, 0.15) is 16.8 Å². The molecule has 0 spiro atoms. The maximum Gasteiger partial charge on any atom is 0.266 e. The van der Waals surface area contributed by atoms with Crippen molar-refractivity contribution in [2.45, 2.75) is 12.5 Å². The first-order chi connectivity index (χ1) is 10.1. The lowest BCUT2D eigenvalue weighted by Crippen LogP contribution is -2.41. The molecule has 1 N–H and O–H groups in total. The summed E-state index contributed by atoms with van der Waals surface area (Å²) in [6, 6.07) is 3.28. The zero-order chi connectivity index (χ0) is 15.0. The Hall–Kier alpha value is -1.80. The van der Waals surface area contributed by atoms with Crippen molar-refractivity contribution < 1.29 is 23.2 Å². The third-order valence-corrected chi connectivity index (χ3v) is 4.53. The van der Waals surface area contributed by atoms with Crippen molar-refractivity contribution in [1.29, 1.82) is 0 Å². The molecule has 0 radical (unpaired) electrons. The summed E-state index contributed by atoms with van der Waals surface area (Å²) in [5.41, 5.74) is 0.954. The standard InChI is InChI=1S/C13H16N2O5S/c1-15-10-6-11(18-2)12(20-8-3-4-19-7-8)5-9(10)13(16)14-21(15)17/h5-6,8H,3-4,7H2,1-2H3,(H,14,16). The smallest absolute Gasteiger partial charge is 0.266 e. The highest BCUT2D eigenvalue weighted by Gasteiger charge is 2.29. The van der Waals surface area contributed by atoms with Gasteiger partial charge in [-0.1, -0.05) is 0 Å². The van der Waals surface area contributed by atoms with Gasteiger partial charge in [-0.25, -0.2) is 4.21 Å². The van der Waals surface area contributed by atoms with E-state index in [4.69, 9.17) is 14.2 Å². The Morgan fingerprint density at radius 3 is 2.90 bits per heavy atom. The van der Waals surface area contributed by atoms with E-state index in [1.54, 1.807) is 19.2 Å². The molecule has 1 fully saturated rings. The number of ether oxygens (including phenoxy) is 3. The van der Waals surface area contributed by atoms with E-state index in [2.05, 4.69) is 4.72 Å². The molecule has 21 heavy (non-hydrogen) atoms. The Labute approximate surface area is 124 Å². The van der Waals surface area contributed by atoms with Crippen LogP contribution in [0.3, 0.4) is 0 Å². The summed E-state index contributed by atoms with van der Waals surface area (Å²) in [6.45, 7) is 1.19. The summed E-state index contributed by atoms with van der Waals surface area (Å²) < 4.78 is 32.0. The summed E-state index contributed by atoms with van der Waals surface area (Å²) in [5.74, 6) is 0.596. The lowest BCUT2D eigenvalue weighted by Gasteiger charge is -2.27. The fourth-order valence-corrected chi connectivity index (χ4v) is 3.06. The molecule has 0 aromatic heterocycles. The molecule has 2 aliphatic heterocycles. The quantitative estimate of drug-likeness (QED) is 0.885. The third-order valence-electron chi connectivity index (χ3n) is 3.48. The highest BCUT2D eigenvalue weighted by Crippen LogP contribution is 2.37. The molecule has 8 heteroatoms. The van der Waals surface area contributed by atoms with Crippen LogP contribution >= 0.6 is 0 Å². The molecule has 3 rings (SSSR count). The number of amides is 1. The fraction of sp³-hybridized carbons (Fsp3) is 0.462. The Bertz CT molecular complexity index is 600. The van der Waals surface area contributed by atoms with Gasteiger partial charge in [-0.15, -0.1) is 0 Å². The largest absolute Gasteiger partial charge is 0.493 e. The zero-order valence-corrected chi connectivity index (χ0v) is 12.6. The highest BCUT2D eigenvalue weighted by molar-refractivity contribution is 7.85. The normalized spacial score (nSPS) is 24.5. The molecule has 1 aromatic carbocycles. The van der Waals surface area contributed by atoms with Crippen molar-refractivity contribution in [1.82, 2.24) is 4.72 Å². The number of fused-ring (bicyclic) bond motifs is 1. The van der Waals surface area contributed by atoms with Crippen LogP contribution < -0.4 is 18.5 Å². The Balaban J connectivity index is 1.99. The van der Waals surface area contributed by atoms with E-state index in [9.17, 15) is 9.00 Å². The van der Waals surface area contributed by atoms with Crippen molar-refractivity contribution in [3.05, 3.63) is 17.7 Å². The van der Waals surface area contributed by atoms with E-state index < -0.39 is 17.1 Å². The summed E-state index contributed by atoms with van der Waals surface area (Å²) in [5, 5.41) is 0. The topological polar surface area (TPSA) is 77.1 Å². The number of methoxy groups -OCH3 is 1. The molecule has 0 saturated carbocycles. The first-order valence-corrected chi connectivity index (χ1v) is 7.64. The van der Waals surface area contributed by atoms with Gasteiger partial charge in [-0.05, 0) is 6.07 Å². The van der Waals surface area contributed by atoms with Crippen molar-refractivity contribution >= 4 is 22.8 Å². The van der Waals surface area contributed by atoms with Crippen molar-refractivity contribution in [3.8, 4) is 11.5 Å². The van der Waals surface area contributed by atoms with Gasteiger partial charge in [-0.3, -0.25) is 13.8 Å². The van der Waals surface area contributed by atoms with E-state index in [-0.39, 0.29) is 6.10 Å². The second kappa shape index (κ2) is 5.53. The summed E-state index contributed by atoms with van der Waals surface area (Å²) in [6.07, 6.45) is 0.756. The maximum atomic E-state index is 12.0. The number of hydrogen-bond donors (Lipinski definition) is 1. The molecule has 1 saturated heterocycles. The van der Waals surface area contributed by atoms with Gasteiger partial charge >= 0.3 is 0 Å². The Kier molecular flexibility index (Phi) is 3.73. The number of carbonyl (C=O) groups is 1. The van der Waals surface area contributed by atoms with Gasteiger partial charge in [0, 0.05) is 19.5 Å². The van der Waals surface area contributed by atoms with Gasteiger partial charge in [0.15, 0.2) is 11.5 Å². The Morgan fingerprint density at radius 2 is 2.24 bits per heavy atom. The molecule has 1 aromatic rings. The summed E-state index contributed by atoms with van der Waals surface area (Å²) in [7, 11) is 3.17. The number of hydrogen-bond acceptors (Lipinski definition) is 5. The fourth-order valence-electron chi connectivity index (χ4n) is 2.32. The number of anilines is 1. The molecule has 2 heterocycles. The van der Waals surface area contributed by atoms with Gasteiger partial charge in [0.25, 0.3) is 5.91 Å². The SMILES string of the molecule is COc1cc2c(cc1OC1CCOC1)C(=O)NS(=O)N2C. The van der Waals surface area contributed by atoms with Crippen molar-refractivity contribution in [2.75, 3.05) is 31.7 Å².